The van der Waals surface area contributed by atoms with Crippen LogP contribution in [0.25, 0.3) is 0 Å². The lowest BCUT2D eigenvalue weighted by molar-refractivity contribution is 0.122. The molecule has 1 aromatic heterocycles. The van der Waals surface area contributed by atoms with Crippen LogP contribution in [0.5, 0.6) is 0 Å². The van der Waals surface area contributed by atoms with E-state index in [4.69, 9.17) is 10.6 Å². The van der Waals surface area contributed by atoms with E-state index in [1.54, 1.807) is 6.92 Å². The molecule has 2 rings (SSSR count). The Bertz CT molecular complexity index is 451. The largest absolute Gasteiger partial charge is 0.393 e. The van der Waals surface area contributed by atoms with Gasteiger partial charge in [-0.2, -0.15) is 15.0 Å². The maximum absolute atomic E-state index is 9.41. The van der Waals surface area contributed by atoms with Crippen LogP contribution in [0.1, 0.15) is 20.3 Å². The van der Waals surface area contributed by atoms with Crippen molar-refractivity contribution in [2.45, 2.75) is 32.4 Å². The molecule has 2 heterocycles. The summed E-state index contributed by atoms with van der Waals surface area (Å²) in [5, 5.41) is 12.6. The number of ether oxygens (including phenoxy) is 1. The molecule has 1 aliphatic rings. The van der Waals surface area contributed by atoms with Gasteiger partial charge in [0.2, 0.25) is 17.8 Å². The van der Waals surface area contributed by atoms with E-state index in [1.165, 1.54) is 0 Å². The Balaban J connectivity index is 2.12. The molecule has 1 aliphatic heterocycles. The minimum Gasteiger partial charge on any atom is -0.393 e. The van der Waals surface area contributed by atoms with Crippen LogP contribution in [0.15, 0.2) is 0 Å². The van der Waals surface area contributed by atoms with Crippen LogP contribution in [-0.2, 0) is 4.74 Å². The van der Waals surface area contributed by atoms with Gasteiger partial charge in [0, 0.05) is 19.1 Å². The van der Waals surface area contributed by atoms with E-state index in [2.05, 4.69) is 25.7 Å². The molecule has 2 unspecified atom stereocenters. The molecule has 0 spiro atoms. The van der Waals surface area contributed by atoms with Crippen molar-refractivity contribution in [2.24, 2.45) is 5.84 Å². The summed E-state index contributed by atoms with van der Waals surface area (Å²) in [5.41, 5.74) is 2.45. The molecule has 5 N–H and O–H groups in total. The first-order chi connectivity index (χ1) is 10.1. The van der Waals surface area contributed by atoms with Crippen molar-refractivity contribution in [1.82, 2.24) is 15.0 Å². The summed E-state index contributed by atoms with van der Waals surface area (Å²) in [6.45, 7) is 6.47. The first kappa shape index (κ1) is 15.7. The molecule has 0 amide bonds. The summed E-state index contributed by atoms with van der Waals surface area (Å²) < 4.78 is 5.32. The number of hydrogen-bond donors (Lipinski definition) is 4. The summed E-state index contributed by atoms with van der Waals surface area (Å²) in [4.78, 5) is 14.9. The van der Waals surface area contributed by atoms with Gasteiger partial charge in [0.25, 0.3) is 0 Å². The minimum absolute atomic E-state index is 0.0376. The van der Waals surface area contributed by atoms with Crippen LogP contribution in [0, 0.1) is 0 Å². The Morgan fingerprint density at radius 2 is 1.90 bits per heavy atom. The van der Waals surface area contributed by atoms with E-state index in [1.807, 2.05) is 11.8 Å². The van der Waals surface area contributed by atoms with Crippen molar-refractivity contribution >= 4 is 17.8 Å². The van der Waals surface area contributed by atoms with Crippen molar-refractivity contribution in [3.05, 3.63) is 0 Å². The predicted octanol–water partition coefficient (Wildman–Crippen LogP) is -0.435. The number of nitrogens with two attached hydrogens (primary N) is 1. The fourth-order valence-corrected chi connectivity index (χ4v) is 2.19. The quantitative estimate of drug-likeness (QED) is 0.409. The molecule has 118 valence electrons. The minimum atomic E-state index is -0.389. The SMILES string of the molecule is CC(O)CC(C)Nc1nc(NN)nc(N2CCOCC2)n1. The number of nitrogens with one attached hydrogen (secondary N) is 2. The highest BCUT2D eigenvalue weighted by atomic mass is 16.5. The van der Waals surface area contributed by atoms with Crippen LogP contribution in [-0.4, -0.2) is 58.5 Å². The highest BCUT2D eigenvalue weighted by molar-refractivity contribution is 5.43. The van der Waals surface area contributed by atoms with Crippen LogP contribution in [0.2, 0.25) is 0 Å². The zero-order valence-electron chi connectivity index (χ0n) is 12.4. The smallest absolute Gasteiger partial charge is 0.243 e. The Morgan fingerprint density at radius 3 is 2.52 bits per heavy atom. The lowest BCUT2D eigenvalue weighted by Crippen LogP contribution is -2.38. The Labute approximate surface area is 123 Å². The molecule has 0 aromatic carbocycles. The molecule has 9 heteroatoms. The molecule has 9 nitrogen and oxygen atoms in total. The highest BCUT2D eigenvalue weighted by Crippen LogP contribution is 2.15. The summed E-state index contributed by atoms with van der Waals surface area (Å²) in [6.07, 6.45) is 0.212. The van der Waals surface area contributed by atoms with E-state index in [-0.39, 0.29) is 12.1 Å². The van der Waals surface area contributed by atoms with Crippen molar-refractivity contribution in [3.63, 3.8) is 0 Å². The van der Waals surface area contributed by atoms with Crippen molar-refractivity contribution in [1.29, 1.82) is 0 Å². The number of hydrogen-bond acceptors (Lipinski definition) is 9. The lowest BCUT2D eigenvalue weighted by atomic mass is 10.2. The number of morpholine rings is 1. The molecule has 21 heavy (non-hydrogen) atoms. The number of aliphatic hydroxyl groups is 1. The molecular weight excluding hydrogens is 274 g/mol. The second kappa shape index (κ2) is 7.34. The van der Waals surface area contributed by atoms with Gasteiger partial charge >= 0.3 is 0 Å². The van der Waals surface area contributed by atoms with Gasteiger partial charge in [0.05, 0.1) is 19.3 Å². The fourth-order valence-electron chi connectivity index (χ4n) is 2.19. The monoisotopic (exact) mass is 297 g/mol. The van der Waals surface area contributed by atoms with Crippen LogP contribution in [0.3, 0.4) is 0 Å². The number of hydrazine groups is 1. The third kappa shape index (κ3) is 4.66. The highest BCUT2D eigenvalue weighted by Gasteiger charge is 2.17. The summed E-state index contributed by atoms with van der Waals surface area (Å²) in [7, 11) is 0. The number of rotatable bonds is 6. The Morgan fingerprint density at radius 1 is 1.24 bits per heavy atom. The summed E-state index contributed by atoms with van der Waals surface area (Å²) in [6, 6.07) is 0.0376. The third-order valence-corrected chi connectivity index (χ3v) is 3.12. The molecule has 0 radical (unpaired) electrons. The van der Waals surface area contributed by atoms with Crippen molar-refractivity contribution in [3.8, 4) is 0 Å². The number of aromatic nitrogens is 3. The molecule has 1 aromatic rings. The topological polar surface area (TPSA) is 121 Å². The second-order valence-corrected chi connectivity index (χ2v) is 5.16. The van der Waals surface area contributed by atoms with Gasteiger partial charge in [-0.15, -0.1) is 0 Å². The average Bonchev–Trinajstić information content (AvgIpc) is 2.46. The zero-order chi connectivity index (χ0) is 15.2. The lowest BCUT2D eigenvalue weighted by Gasteiger charge is -2.27. The summed E-state index contributed by atoms with van der Waals surface area (Å²) >= 11 is 0. The first-order valence-corrected chi connectivity index (χ1v) is 7.08. The molecule has 0 aliphatic carbocycles. The number of aliphatic hydroxyl groups excluding tert-OH is 1. The van der Waals surface area contributed by atoms with E-state index >= 15 is 0 Å². The number of nitrogen functional groups attached to an aromatic ring is 1. The maximum atomic E-state index is 9.41. The van der Waals surface area contributed by atoms with Gasteiger partial charge in [-0.1, -0.05) is 0 Å². The summed E-state index contributed by atoms with van der Waals surface area (Å²) in [5.74, 6) is 6.72. The van der Waals surface area contributed by atoms with Gasteiger partial charge in [-0.05, 0) is 20.3 Å². The van der Waals surface area contributed by atoms with E-state index in [9.17, 15) is 5.11 Å². The fraction of sp³-hybridized carbons (Fsp3) is 0.750. The van der Waals surface area contributed by atoms with E-state index in [0.29, 0.717) is 37.5 Å². The van der Waals surface area contributed by atoms with Crippen LogP contribution in [0.4, 0.5) is 17.8 Å². The van der Waals surface area contributed by atoms with Crippen LogP contribution >= 0.6 is 0 Å². The normalized spacial score (nSPS) is 18.2. The molecule has 0 saturated carbocycles. The van der Waals surface area contributed by atoms with Crippen molar-refractivity contribution in [2.75, 3.05) is 41.9 Å². The zero-order valence-corrected chi connectivity index (χ0v) is 12.4. The van der Waals surface area contributed by atoms with Crippen molar-refractivity contribution < 1.29 is 9.84 Å². The van der Waals surface area contributed by atoms with Gasteiger partial charge < -0.3 is 20.1 Å². The van der Waals surface area contributed by atoms with Gasteiger partial charge in [0.1, 0.15) is 0 Å². The third-order valence-electron chi connectivity index (χ3n) is 3.12. The second-order valence-electron chi connectivity index (χ2n) is 5.16. The Hall–Kier alpha value is -1.71. The molecular formula is C12H23N7O2. The Kier molecular flexibility index (Phi) is 5.48. The standard InChI is InChI=1S/C12H23N7O2/c1-8(7-9(2)20)14-10-15-11(18-13)17-12(16-10)19-3-5-21-6-4-19/h8-9,20H,3-7,13H2,1-2H3,(H2,14,15,16,17,18). The van der Waals surface area contributed by atoms with Gasteiger partial charge in [-0.25, -0.2) is 5.84 Å². The van der Waals surface area contributed by atoms with Gasteiger partial charge in [0.15, 0.2) is 0 Å². The first-order valence-electron chi connectivity index (χ1n) is 7.08. The number of nitrogens with zero attached hydrogens (tertiary/aromatic N) is 4. The van der Waals surface area contributed by atoms with Crippen LogP contribution < -0.4 is 21.5 Å². The van der Waals surface area contributed by atoms with E-state index in [0.717, 1.165) is 13.1 Å². The molecule has 0 bridgehead atoms. The molecule has 1 fully saturated rings. The number of anilines is 3. The maximum Gasteiger partial charge on any atom is 0.243 e. The molecule has 1 saturated heterocycles. The average molecular weight is 297 g/mol. The van der Waals surface area contributed by atoms with Gasteiger partial charge in [-0.3, -0.25) is 5.43 Å². The molecule has 2 atom stereocenters. The predicted molar refractivity (Wildman–Crippen MR) is 80.1 cm³/mol. The van der Waals surface area contributed by atoms with E-state index < -0.39 is 0 Å².